The smallest absolute Gasteiger partial charge is 0.870 e. The quantitative estimate of drug-likeness (QED) is 0.498. The molecule has 0 fully saturated rings. The van der Waals surface area contributed by atoms with Crippen molar-refractivity contribution in [2.24, 2.45) is 0 Å². The summed E-state index contributed by atoms with van der Waals surface area (Å²) in [5.74, 6) is 0.440. The molecule has 0 bridgehead atoms. The number of ketones is 1. The summed E-state index contributed by atoms with van der Waals surface area (Å²) < 4.78 is 0. The van der Waals surface area contributed by atoms with Crippen molar-refractivity contribution >= 4 is 23.8 Å². The number of hydrogen-bond acceptors (Lipinski definition) is 5. The Kier molecular flexibility index (Phi) is 33.4. The molecule has 1 atom stereocenters. The zero-order chi connectivity index (χ0) is 10.1. The van der Waals surface area contributed by atoms with Gasteiger partial charge in [0.2, 0.25) is 0 Å². The predicted molar refractivity (Wildman–Crippen MR) is 54.6 cm³/mol. The number of aliphatic hydroxyl groups excluding tert-OH is 1. The molecule has 1 radical (unpaired) electrons. The molecule has 0 saturated carbocycles. The van der Waals surface area contributed by atoms with Crippen molar-refractivity contribution in [2.75, 3.05) is 5.75 Å². The molecule has 0 aliphatic heterocycles. The van der Waals surface area contributed by atoms with E-state index in [1.165, 1.54) is 18.7 Å². The van der Waals surface area contributed by atoms with E-state index in [0.29, 0.717) is 25.0 Å². The molecule has 4 nitrogen and oxygen atoms in total. The molecule has 2 N–H and O–H groups in total. The van der Waals surface area contributed by atoms with Gasteiger partial charge >= 0.3 is 58.2 Å². The molecule has 16 heavy (non-hydrogen) atoms. The maximum atomic E-state index is 10.7. The van der Waals surface area contributed by atoms with Crippen molar-refractivity contribution in [3.05, 3.63) is 6.61 Å². The third-order valence-electron chi connectivity index (χ3n) is 1.56. The van der Waals surface area contributed by atoms with Gasteiger partial charge in [0.25, 0.3) is 0 Å². The minimum absolute atomic E-state index is 0. The number of rotatable bonds is 8. The standard InChI is InChI=1S/C9H14O3S.H2O.Rb.Y/c1-8(12)2-3-9(4-5-10)13-7-6-11;;;/h5,9-10H,2-4,7H2,1H3;1H2;;/q-2;;+1;/p-1. The topological polar surface area (TPSA) is 84.4 Å². The molecule has 0 rings (SSSR count). The van der Waals surface area contributed by atoms with Gasteiger partial charge in [0.1, 0.15) is 5.78 Å². The van der Waals surface area contributed by atoms with Crippen LogP contribution in [0.25, 0.3) is 0 Å². The average molecular weight is 394 g/mol. The minimum atomic E-state index is 0. The predicted octanol–water partition coefficient (Wildman–Crippen LogP) is -1.68. The first-order valence-corrected chi connectivity index (χ1v) is 5.17. The molecule has 87 valence electrons. The molecule has 0 heterocycles. The minimum Gasteiger partial charge on any atom is -0.870 e. The van der Waals surface area contributed by atoms with Crippen molar-refractivity contribution in [3.8, 4) is 0 Å². The maximum Gasteiger partial charge on any atom is 1.00 e. The first-order valence-electron chi connectivity index (χ1n) is 4.12. The van der Waals surface area contributed by atoms with Crippen molar-refractivity contribution in [1.29, 1.82) is 0 Å². The Hall–Kier alpha value is 2.52. The molecular formula is C9H15O4RbSY-2. The summed E-state index contributed by atoms with van der Waals surface area (Å²) in [5, 5.41) is 8.73. The normalized spacial score (nSPS) is 10.1. The Bertz CT molecular complexity index is 172. The van der Waals surface area contributed by atoms with E-state index < -0.39 is 0 Å². The fourth-order valence-electron chi connectivity index (χ4n) is 0.903. The number of carbonyl (C=O) groups excluding carboxylic acids is 2. The number of carbonyl (C=O) groups is 1. The average Bonchev–Trinajstić information content (AvgIpc) is 2.09. The Morgan fingerprint density at radius 2 is 2.12 bits per heavy atom. The molecule has 0 aromatic carbocycles. The van der Waals surface area contributed by atoms with E-state index in [4.69, 9.17) is 5.11 Å². The maximum absolute atomic E-state index is 10.7. The molecule has 0 aliphatic carbocycles. The van der Waals surface area contributed by atoms with Gasteiger partial charge in [0, 0.05) is 39.1 Å². The molecule has 0 spiro atoms. The Morgan fingerprint density at radius 1 is 1.56 bits per heavy atom. The summed E-state index contributed by atoms with van der Waals surface area (Å²) in [7, 11) is 0. The van der Waals surface area contributed by atoms with Crippen LogP contribution in [0.15, 0.2) is 0 Å². The van der Waals surface area contributed by atoms with E-state index in [-0.39, 0.29) is 107 Å². The van der Waals surface area contributed by atoms with E-state index in [9.17, 15) is 9.59 Å². The molecule has 7 heteroatoms. The van der Waals surface area contributed by atoms with Crippen LogP contribution in [0.3, 0.4) is 0 Å². The van der Waals surface area contributed by atoms with Crippen LogP contribution >= 0.6 is 11.8 Å². The third kappa shape index (κ3) is 18.9. The zero-order valence-corrected chi connectivity index (χ0v) is 18.3. The van der Waals surface area contributed by atoms with Gasteiger partial charge < -0.3 is 20.2 Å². The van der Waals surface area contributed by atoms with Gasteiger partial charge in [-0.1, -0.05) is 0 Å². The van der Waals surface area contributed by atoms with Crippen LogP contribution in [0.1, 0.15) is 26.2 Å². The second-order valence-corrected chi connectivity index (χ2v) is 4.02. The van der Waals surface area contributed by atoms with Crippen LogP contribution in [0.5, 0.6) is 0 Å². The summed E-state index contributed by atoms with van der Waals surface area (Å²) >= 11 is 1.42. The van der Waals surface area contributed by atoms with E-state index in [0.717, 1.165) is 6.61 Å². The second kappa shape index (κ2) is 19.8. The summed E-state index contributed by atoms with van der Waals surface area (Å²) in [6.45, 7) is 2.61. The zero-order valence-electron chi connectivity index (χ0n) is 9.68. The molecule has 0 aromatic heterocycles. The summed E-state index contributed by atoms with van der Waals surface area (Å²) in [6, 6.07) is 0. The number of Topliss-reactive ketones (excluding diaryl/α,β-unsaturated/α-hetero) is 1. The van der Waals surface area contributed by atoms with E-state index in [1.54, 1.807) is 6.29 Å². The fraction of sp³-hybridized carbons (Fsp3) is 0.667. The number of hydrogen-bond donors (Lipinski definition) is 1. The molecule has 0 saturated heterocycles. The first kappa shape index (κ1) is 27.0. The Balaban J connectivity index is -0.000000240. The Labute approximate surface area is 175 Å². The fourth-order valence-corrected chi connectivity index (χ4v) is 1.71. The SMILES string of the molecule is CC(=O)CCC(C[CH-]O)SC[C-]=O.[OH-].[Rb+].[Y]. The first-order chi connectivity index (χ1) is 6.20. The van der Waals surface area contributed by atoms with E-state index in [1.807, 2.05) is 0 Å². The van der Waals surface area contributed by atoms with Crippen LogP contribution in [-0.4, -0.2) is 33.7 Å². The van der Waals surface area contributed by atoms with Crippen LogP contribution < -0.4 is 58.2 Å². The van der Waals surface area contributed by atoms with Gasteiger partial charge in [-0.2, -0.15) is 11.8 Å². The summed E-state index contributed by atoms with van der Waals surface area (Å²) in [5.41, 5.74) is 0. The van der Waals surface area contributed by atoms with Crippen molar-refractivity contribution in [3.63, 3.8) is 0 Å². The third-order valence-corrected chi connectivity index (χ3v) is 2.75. The molecule has 0 aliphatic rings. The van der Waals surface area contributed by atoms with Gasteiger partial charge in [-0.05, 0) is 18.6 Å². The van der Waals surface area contributed by atoms with Crippen molar-refractivity contribution in [1.82, 2.24) is 0 Å². The van der Waals surface area contributed by atoms with E-state index in [2.05, 4.69) is 0 Å². The second-order valence-electron chi connectivity index (χ2n) is 2.74. The largest absolute Gasteiger partial charge is 1.00 e. The van der Waals surface area contributed by atoms with Gasteiger partial charge in [-0.25, -0.2) is 6.61 Å². The van der Waals surface area contributed by atoms with Crippen LogP contribution in [-0.2, 0) is 42.3 Å². The van der Waals surface area contributed by atoms with E-state index >= 15 is 0 Å². The molecule has 1 unspecified atom stereocenters. The number of aliphatic hydroxyl groups is 1. The van der Waals surface area contributed by atoms with Crippen LogP contribution in [0.2, 0.25) is 0 Å². The monoisotopic (exact) mass is 393 g/mol. The van der Waals surface area contributed by atoms with Gasteiger partial charge in [-0.3, -0.25) is 6.29 Å². The molecular weight excluding hydrogens is 379 g/mol. The van der Waals surface area contributed by atoms with Crippen molar-refractivity contribution < 1.29 is 111 Å². The Morgan fingerprint density at radius 3 is 2.50 bits per heavy atom. The molecule has 0 aromatic rings. The van der Waals surface area contributed by atoms with Crippen LogP contribution in [0.4, 0.5) is 0 Å². The summed E-state index contributed by atoms with van der Waals surface area (Å²) in [6.07, 6.45) is 3.50. The van der Waals surface area contributed by atoms with Gasteiger partial charge in [-0.15, -0.1) is 12.2 Å². The number of thioether (sulfide) groups is 1. The summed E-state index contributed by atoms with van der Waals surface area (Å²) in [4.78, 5) is 20.6. The van der Waals surface area contributed by atoms with Gasteiger partial charge in [0.05, 0.1) is 0 Å². The molecule has 0 amide bonds. The van der Waals surface area contributed by atoms with Crippen molar-refractivity contribution in [2.45, 2.75) is 31.4 Å². The van der Waals surface area contributed by atoms with Gasteiger partial charge in [0.15, 0.2) is 0 Å². The van der Waals surface area contributed by atoms with Crippen LogP contribution in [0, 0.1) is 6.61 Å².